The number of hydrogen-bond donors (Lipinski definition) is 1. The van der Waals surface area contributed by atoms with Gasteiger partial charge in [0, 0.05) is 25.7 Å². The zero-order valence-corrected chi connectivity index (χ0v) is 10.6. The molecule has 1 amide bonds. The third kappa shape index (κ3) is 2.97. The number of methoxy groups -OCH3 is 1. The van der Waals surface area contributed by atoms with E-state index in [2.05, 4.69) is 5.32 Å². The Morgan fingerprint density at radius 2 is 2.24 bits per heavy atom. The number of carbonyl (C=O) groups excluding carboxylic acids is 1. The normalized spacial score (nSPS) is 28.4. The molecule has 1 heterocycles. The van der Waals surface area contributed by atoms with Crippen LogP contribution < -0.4 is 5.32 Å². The maximum atomic E-state index is 12.5. The number of nitrogens with one attached hydrogen (secondary N) is 1. The molecule has 1 saturated carbocycles. The molecule has 0 aromatic heterocycles. The molecule has 1 saturated heterocycles. The van der Waals surface area contributed by atoms with Crippen LogP contribution in [0.5, 0.6) is 0 Å². The maximum Gasteiger partial charge on any atom is 0.230 e. The Hall–Kier alpha value is -0.650. The summed E-state index contributed by atoms with van der Waals surface area (Å²) in [4.78, 5) is 14.4. The second-order valence-electron chi connectivity index (χ2n) is 4.79. The first-order chi connectivity index (χ1) is 8.27. The first kappa shape index (κ1) is 12.8. The fraction of sp³-hybridized carbons (Fsp3) is 0.917. The van der Waals surface area contributed by atoms with Crippen molar-refractivity contribution >= 4 is 5.91 Å². The van der Waals surface area contributed by atoms with E-state index >= 15 is 0 Å². The first-order valence-corrected chi connectivity index (χ1v) is 6.32. The standard InChI is InChI=1S/C12H22N2O3/c1-13-11-8-17-7-10(11)12(15)14(5-6-16-2)9-3-4-9/h9-11,13H,3-8H2,1-2H3. The molecule has 2 aliphatic rings. The van der Waals surface area contributed by atoms with E-state index in [1.807, 2.05) is 11.9 Å². The molecule has 0 bridgehead atoms. The quantitative estimate of drug-likeness (QED) is 0.704. The molecule has 2 fully saturated rings. The molecule has 17 heavy (non-hydrogen) atoms. The van der Waals surface area contributed by atoms with Crippen LogP contribution in [-0.2, 0) is 14.3 Å². The van der Waals surface area contributed by atoms with Gasteiger partial charge < -0.3 is 19.7 Å². The van der Waals surface area contributed by atoms with Gasteiger partial charge in [0.1, 0.15) is 0 Å². The fourth-order valence-electron chi connectivity index (χ4n) is 2.34. The molecule has 5 nitrogen and oxygen atoms in total. The van der Waals surface area contributed by atoms with Crippen LogP contribution in [0.1, 0.15) is 12.8 Å². The smallest absolute Gasteiger partial charge is 0.230 e. The van der Waals surface area contributed by atoms with Crippen molar-refractivity contribution in [3.8, 4) is 0 Å². The van der Waals surface area contributed by atoms with Crippen molar-refractivity contribution in [3.05, 3.63) is 0 Å². The highest BCUT2D eigenvalue weighted by Crippen LogP contribution is 2.29. The Morgan fingerprint density at radius 1 is 1.47 bits per heavy atom. The summed E-state index contributed by atoms with van der Waals surface area (Å²) in [5.74, 6) is 0.193. The van der Waals surface area contributed by atoms with Crippen LogP contribution in [0.4, 0.5) is 0 Å². The van der Waals surface area contributed by atoms with Gasteiger partial charge in [-0.3, -0.25) is 4.79 Å². The minimum atomic E-state index is -0.0301. The second-order valence-corrected chi connectivity index (χ2v) is 4.79. The van der Waals surface area contributed by atoms with Crippen LogP contribution in [0.2, 0.25) is 0 Å². The monoisotopic (exact) mass is 242 g/mol. The number of ether oxygens (including phenoxy) is 2. The molecule has 0 spiro atoms. The molecule has 1 aliphatic carbocycles. The van der Waals surface area contributed by atoms with E-state index in [0.29, 0.717) is 32.4 Å². The molecule has 1 aliphatic heterocycles. The molecular weight excluding hydrogens is 220 g/mol. The molecule has 98 valence electrons. The molecule has 0 radical (unpaired) electrons. The topological polar surface area (TPSA) is 50.8 Å². The Morgan fingerprint density at radius 3 is 2.82 bits per heavy atom. The Bertz CT molecular complexity index is 268. The largest absolute Gasteiger partial charge is 0.383 e. The number of rotatable bonds is 6. The Labute approximate surface area is 102 Å². The third-order valence-electron chi connectivity index (χ3n) is 3.58. The lowest BCUT2D eigenvalue weighted by Gasteiger charge is -2.27. The lowest BCUT2D eigenvalue weighted by Crippen LogP contribution is -2.46. The molecule has 5 heteroatoms. The summed E-state index contributed by atoms with van der Waals surface area (Å²) in [7, 11) is 3.56. The van der Waals surface area contributed by atoms with Gasteiger partial charge in [-0.25, -0.2) is 0 Å². The third-order valence-corrected chi connectivity index (χ3v) is 3.58. The first-order valence-electron chi connectivity index (χ1n) is 6.32. The predicted octanol–water partition coefficient (Wildman–Crippen LogP) is -0.142. The van der Waals surface area contributed by atoms with E-state index in [1.165, 1.54) is 0 Å². The van der Waals surface area contributed by atoms with Gasteiger partial charge in [-0.05, 0) is 19.9 Å². The van der Waals surface area contributed by atoms with E-state index < -0.39 is 0 Å². The van der Waals surface area contributed by atoms with E-state index in [9.17, 15) is 4.79 Å². The Balaban J connectivity index is 1.95. The molecule has 0 aromatic rings. The highest BCUT2D eigenvalue weighted by Gasteiger charge is 2.40. The average Bonchev–Trinajstić information content (AvgIpc) is 3.06. The molecule has 1 N–H and O–H groups in total. The van der Waals surface area contributed by atoms with Gasteiger partial charge in [0.05, 0.1) is 25.7 Å². The van der Waals surface area contributed by atoms with Crippen LogP contribution >= 0.6 is 0 Å². The number of nitrogens with zero attached hydrogens (tertiary/aromatic N) is 1. The van der Waals surface area contributed by atoms with Gasteiger partial charge >= 0.3 is 0 Å². The van der Waals surface area contributed by atoms with Crippen molar-refractivity contribution < 1.29 is 14.3 Å². The van der Waals surface area contributed by atoms with Crippen molar-refractivity contribution in [2.24, 2.45) is 5.92 Å². The van der Waals surface area contributed by atoms with Crippen molar-refractivity contribution in [3.63, 3.8) is 0 Å². The van der Waals surface area contributed by atoms with Gasteiger partial charge in [0.25, 0.3) is 0 Å². The van der Waals surface area contributed by atoms with E-state index in [-0.39, 0.29) is 17.9 Å². The highest BCUT2D eigenvalue weighted by molar-refractivity contribution is 5.80. The molecule has 0 aromatic carbocycles. The highest BCUT2D eigenvalue weighted by atomic mass is 16.5. The van der Waals surface area contributed by atoms with E-state index in [4.69, 9.17) is 9.47 Å². The van der Waals surface area contributed by atoms with Crippen LogP contribution in [0.15, 0.2) is 0 Å². The van der Waals surface area contributed by atoms with Crippen LogP contribution in [0.3, 0.4) is 0 Å². The lowest BCUT2D eigenvalue weighted by atomic mass is 10.0. The van der Waals surface area contributed by atoms with E-state index in [0.717, 1.165) is 12.8 Å². The zero-order valence-electron chi connectivity index (χ0n) is 10.6. The summed E-state index contributed by atoms with van der Waals surface area (Å²) in [6, 6.07) is 0.599. The van der Waals surface area contributed by atoms with Crippen molar-refractivity contribution in [2.45, 2.75) is 24.9 Å². The fourth-order valence-corrected chi connectivity index (χ4v) is 2.34. The van der Waals surface area contributed by atoms with Crippen molar-refractivity contribution in [1.29, 1.82) is 0 Å². The van der Waals surface area contributed by atoms with Crippen LogP contribution in [-0.4, -0.2) is 63.4 Å². The second kappa shape index (κ2) is 5.80. The van der Waals surface area contributed by atoms with Gasteiger partial charge in [0.15, 0.2) is 0 Å². The van der Waals surface area contributed by atoms with Crippen LogP contribution in [0.25, 0.3) is 0 Å². The molecule has 2 atom stereocenters. The molecule has 2 unspecified atom stereocenters. The molecular formula is C12H22N2O3. The van der Waals surface area contributed by atoms with Gasteiger partial charge in [-0.1, -0.05) is 0 Å². The summed E-state index contributed by atoms with van der Waals surface area (Å²) < 4.78 is 10.5. The summed E-state index contributed by atoms with van der Waals surface area (Å²) in [5, 5.41) is 3.16. The minimum Gasteiger partial charge on any atom is -0.383 e. The summed E-state index contributed by atoms with van der Waals surface area (Å²) >= 11 is 0. The Kier molecular flexibility index (Phi) is 4.36. The van der Waals surface area contributed by atoms with Gasteiger partial charge in [0.2, 0.25) is 5.91 Å². The van der Waals surface area contributed by atoms with Crippen LogP contribution in [0, 0.1) is 5.92 Å². The van der Waals surface area contributed by atoms with Crippen molar-refractivity contribution in [2.75, 3.05) is 40.5 Å². The maximum absolute atomic E-state index is 12.5. The van der Waals surface area contributed by atoms with Gasteiger partial charge in [-0.15, -0.1) is 0 Å². The number of likely N-dealkylation sites (N-methyl/N-ethyl adjacent to an activating group) is 1. The van der Waals surface area contributed by atoms with Gasteiger partial charge in [-0.2, -0.15) is 0 Å². The number of hydrogen-bond acceptors (Lipinski definition) is 4. The van der Waals surface area contributed by atoms with E-state index in [1.54, 1.807) is 7.11 Å². The zero-order chi connectivity index (χ0) is 12.3. The average molecular weight is 242 g/mol. The lowest BCUT2D eigenvalue weighted by molar-refractivity contribution is -0.137. The summed E-state index contributed by atoms with van der Waals surface area (Å²) in [6.45, 7) is 2.49. The SMILES string of the molecule is CNC1COCC1C(=O)N(CCOC)C1CC1. The predicted molar refractivity (Wildman–Crippen MR) is 63.8 cm³/mol. The number of carbonyl (C=O) groups is 1. The minimum absolute atomic E-state index is 0.0301. The molecule has 2 rings (SSSR count). The number of amides is 1. The summed E-state index contributed by atoms with van der Waals surface area (Å²) in [6.07, 6.45) is 2.26. The van der Waals surface area contributed by atoms with Crippen molar-refractivity contribution in [1.82, 2.24) is 10.2 Å². The summed E-state index contributed by atoms with van der Waals surface area (Å²) in [5.41, 5.74) is 0.